The third-order valence-electron chi connectivity index (χ3n) is 3.84. The third kappa shape index (κ3) is 3.86. The van der Waals surface area contributed by atoms with Crippen LogP contribution in [0.3, 0.4) is 0 Å². The molecule has 0 bridgehead atoms. The molecule has 2 N–H and O–H groups in total. The van der Waals surface area contributed by atoms with E-state index in [4.69, 9.17) is 11.6 Å². The molecular formula is C17H18ClN5O2S. The molecule has 7 nitrogen and oxygen atoms in total. The molecule has 2 aromatic carbocycles. The van der Waals surface area contributed by atoms with E-state index in [-0.39, 0.29) is 16.1 Å². The Hall–Kier alpha value is -2.45. The standard InChI is InChI=1S/C17H18ClN5O2S/c1-17(2,3)11-4-7-13(8-5-11)26(24,25)21-15-9-6-12(18)10-14(15)16-19-22-23-20-16/h4-10,21H,1-3H3,(H,19,20,22,23). The van der Waals surface area contributed by atoms with Crippen molar-refractivity contribution in [1.29, 1.82) is 0 Å². The molecule has 9 heteroatoms. The third-order valence-corrected chi connectivity index (χ3v) is 5.46. The summed E-state index contributed by atoms with van der Waals surface area (Å²) < 4.78 is 28.1. The van der Waals surface area contributed by atoms with E-state index in [0.29, 0.717) is 16.3 Å². The van der Waals surface area contributed by atoms with E-state index in [0.717, 1.165) is 5.56 Å². The van der Waals surface area contributed by atoms with Gasteiger partial charge in [-0.3, -0.25) is 4.72 Å². The molecule has 136 valence electrons. The molecular weight excluding hydrogens is 374 g/mol. The number of rotatable bonds is 4. The fraction of sp³-hybridized carbons (Fsp3) is 0.235. The van der Waals surface area contributed by atoms with Gasteiger partial charge in [-0.05, 0) is 46.5 Å². The number of hydrogen-bond acceptors (Lipinski definition) is 5. The molecule has 26 heavy (non-hydrogen) atoms. The maximum atomic E-state index is 12.8. The minimum absolute atomic E-state index is 0.0578. The molecule has 1 heterocycles. The predicted molar refractivity (Wildman–Crippen MR) is 101 cm³/mol. The van der Waals surface area contributed by atoms with Crippen LogP contribution in [-0.2, 0) is 15.4 Å². The van der Waals surface area contributed by atoms with E-state index in [1.807, 2.05) is 12.1 Å². The summed E-state index contributed by atoms with van der Waals surface area (Å²) in [4.78, 5) is 0.166. The monoisotopic (exact) mass is 391 g/mol. The van der Waals surface area contributed by atoms with Crippen LogP contribution in [0.2, 0.25) is 5.02 Å². The Kier molecular flexibility index (Phi) is 4.72. The van der Waals surface area contributed by atoms with Crippen LogP contribution >= 0.6 is 11.6 Å². The fourth-order valence-corrected chi connectivity index (χ4v) is 3.66. The number of H-pyrrole nitrogens is 1. The van der Waals surface area contributed by atoms with E-state index in [2.05, 4.69) is 46.1 Å². The summed E-state index contributed by atoms with van der Waals surface area (Å²) >= 11 is 6.02. The van der Waals surface area contributed by atoms with E-state index >= 15 is 0 Å². The zero-order valence-corrected chi connectivity index (χ0v) is 16.1. The molecule has 3 rings (SSSR count). The average molecular weight is 392 g/mol. The van der Waals surface area contributed by atoms with Crippen molar-refractivity contribution < 1.29 is 8.42 Å². The lowest BCUT2D eigenvalue weighted by atomic mass is 9.87. The van der Waals surface area contributed by atoms with Gasteiger partial charge in [0, 0.05) is 10.6 Å². The van der Waals surface area contributed by atoms with Gasteiger partial charge >= 0.3 is 0 Å². The van der Waals surface area contributed by atoms with E-state index in [9.17, 15) is 8.42 Å². The van der Waals surface area contributed by atoms with Gasteiger partial charge < -0.3 is 0 Å². The lowest BCUT2D eigenvalue weighted by Crippen LogP contribution is -2.15. The van der Waals surface area contributed by atoms with Gasteiger partial charge in [0.2, 0.25) is 5.82 Å². The average Bonchev–Trinajstić information content (AvgIpc) is 3.10. The number of aromatic nitrogens is 4. The second-order valence-electron chi connectivity index (χ2n) is 6.81. The van der Waals surface area contributed by atoms with Crippen molar-refractivity contribution in [3.05, 3.63) is 53.1 Å². The van der Waals surface area contributed by atoms with Crippen LogP contribution in [0.15, 0.2) is 47.4 Å². The van der Waals surface area contributed by atoms with Crippen molar-refractivity contribution in [3.8, 4) is 11.4 Å². The smallest absolute Gasteiger partial charge is 0.261 e. The molecule has 0 saturated heterocycles. The van der Waals surface area contributed by atoms with Gasteiger partial charge in [0.1, 0.15) is 0 Å². The maximum Gasteiger partial charge on any atom is 0.261 e. The lowest BCUT2D eigenvalue weighted by Gasteiger charge is -2.19. The van der Waals surface area contributed by atoms with Crippen molar-refractivity contribution in [1.82, 2.24) is 20.6 Å². The zero-order chi connectivity index (χ0) is 18.9. The number of sulfonamides is 1. The first-order valence-corrected chi connectivity index (χ1v) is 9.70. The van der Waals surface area contributed by atoms with Crippen molar-refractivity contribution in [2.24, 2.45) is 0 Å². The Morgan fingerprint density at radius 1 is 1.08 bits per heavy atom. The first-order chi connectivity index (χ1) is 12.2. The highest BCUT2D eigenvalue weighted by Crippen LogP contribution is 2.30. The van der Waals surface area contributed by atoms with Gasteiger partial charge in [0.15, 0.2) is 0 Å². The van der Waals surface area contributed by atoms with Gasteiger partial charge in [0.25, 0.3) is 10.0 Å². The van der Waals surface area contributed by atoms with Gasteiger partial charge in [-0.15, -0.1) is 10.2 Å². The summed E-state index contributed by atoms with van der Waals surface area (Å²) in [7, 11) is -3.78. The highest BCUT2D eigenvalue weighted by molar-refractivity contribution is 7.92. The number of anilines is 1. The number of halogens is 1. The summed E-state index contributed by atoms with van der Waals surface area (Å²) in [5.74, 6) is 0.244. The first-order valence-electron chi connectivity index (χ1n) is 7.83. The molecule has 0 atom stereocenters. The van der Waals surface area contributed by atoms with Crippen molar-refractivity contribution in [2.75, 3.05) is 4.72 Å². The molecule has 0 radical (unpaired) electrons. The summed E-state index contributed by atoms with van der Waals surface area (Å²) in [6, 6.07) is 11.5. The van der Waals surface area contributed by atoms with Crippen LogP contribution in [0.25, 0.3) is 11.4 Å². The number of hydrogen-bond donors (Lipinski definition) is 2. The topological polar surface area (TPSA) is 101 Å². The minimum Gasteiger partial charge on any atom is -0.279 e. The molecule has 0 unspecified atom stereocenters. The molecule has 0 aliphatic carbocycles. The van der Waals surface area contributed by atoms with E-state index in [1.54, 1.807) is 30.3 Å². The number of benzene rings is 2. The Balaban J connectivity index is 1.96. The zero-order valence-electron chi connectivity index (χ0n) is 14.5. The molecule has 0 saturated carbocycles. The Morgan fingerprint density at radius 3 is 2.35 bits per heavy atom. The Labute approximate surface area is 156 Å². The summed E-state index contributed by atoms with van der Waals surface area (Å²) in [6.45, 7) is 6.21. The van der Waals surface area contributed by atoms with Crippen LogP contribution < -0.4 is 4.72 Å². The fourth-order valence-electron chi connectivity index (χ4n) is 2.40. The van der Waals surface area contributed by atoms with Crippen LogP contribution in [0, 0.1) is 0 Å². The minimum atomic E-state index is -3.78. The maximum absolute atomic E-state index is 12.8. The number of nitrogens with one attached hydrogen (secondary N) is 2. The van der Waals surface area contributed by atoms with E-state index in [1.165, 1.54) is 0 Å². The highest BCUT2D eigenvalue weighted by Gasteiger charge is 2.20. The van der Waals surface area contributed by atoms with Gasteiger partial charge in [-0.25, -0.2) is 8.42 Å². The van der Waals surface area contributed by atoms with Gasteiger partial charge in [0.05, 0.1) is 10.6 Å². The lowest BCUT2D eigenvalue weighted by molar-refractivity contribution is 0.587. The van der Waals surface area contributed by atoms with Crippen LogP contribution in [0.5, 0.6) is 0 Å². The molecule has 1 aromatic heterocycles. The summed E-state index contributed by atoms with van der Waals surface area (Å²) in [6.07, 6.45) is 0. The van der Waals surface area contributed by atoms with Crippen LogP contribution in [0.4, 0.5) is 5.69 Å². The number of tetrazole rings is 1. The molecule has 3 aromatic rings. The quantitative estimate of drug-likeness (QED) is 0.707. The highest BCUT2D eigenvalue weighted by atomic mass is 35.5. The second kappa shape index (κ2) is 6.69. The SMILES string of the molecule is CC(C)(C)c1ccc(S(=O)(=O)Nc2ccc(Cl)cc2-c2nn[nH]n2)cc1. The van der Waals surface area contributed by atoms with Gasteiger partial charge in [-0.2, -0.15) is 5.21 Å². The molecule has 0 fully saturated rings. The van der Waals surface area contributed by atoms with E-state index < -0.39 is 10.0 Å². The van der Waals surface area contributed by atoms with Crippen LogP contribution in [-0.4, -0.2) is 29.0 Å². The largest absolute Gasteiger partial charge is 0.279 e. The van der Waals surface area contributed by atoms with Crippen molar-refractivity contribution in [2.45, 2.75) is 31.1 Å². The molecule has 0 amide bonds. The molecule has 0 spiro atoms. The van der Waals surface area contributed by atoms with Crippen LogP contribution in [0.1, 0.15) is 26.3 Å². The molecule has 0 aliphatic heterocycles. The normalized spacial score (nSPS) is 12.2. The van der Waals surface area contributed by atoms with Crippen molar-refractivity contribution >= 4 is 27.3 Å². The molecule has 0 aliphatic rings. The summed E-state index contributed by atoms with van der Waals surface area (Å²) in [5, 5.41) is 14.0. The number of nitrogens with zero attached hydrogens (tertiary/aromatic N) is 3. The first kappa shape index (κ1) is 18.3. The van der Waals surface area contributed by atoms with Gasteiger partial charge in [-0.1, -0.05) is 44.5 Å². The summed E-state index contributed by atoms with van der Waals surface area (Å²) in [5.41, 5.74) is 1.74. The Morgan fingerprint density at radius 2 is 1.77 bits per heavy atom. The predicted octanol–water partition coefficient (Wildman–Crippen LogP) is 3.62. The number of aromatic amines is 1. The second-order valence-corrected chi connectivity index (χ2v) is 8.92. The Bertz CT molecular complexity index is 1010. The van der Waals surface area contributed by atoms with Crippen molar-refractivity contribution in [3.63, 3.8) is 0 Å².